The van der Waals surface area contributed by atoms with E-state index < -0.39 is 17.5 Å². The topological polar surface area (TPSA) is 30.9 Å². The zero-order valence-electron chi connectivity index (χ0n) is 8.96. The smallest absolute Gasteiger partial charge is 0.196 e. The first-order valence-electron chi connectivity index (χ1n) is 5.14. The van der Waals surface area contributed by atoms with E-state index in [0.717, 1.165) is 11.6 Å². The first-order valence-corrected chi connectivity index (χ1v) is 5.14. The first kappa shape index (κ1) is 11.7. The Balaban J connectivity index is 2.42. The second kappa shape index (κ2) is 4.63. The predicted molar refractivity (Wildman–Crippen MR) is 58.4 cm³/mol. The van der Waals surface area contributed by atoms with Gasteiger partial charge in [-0.1, -0.05) is 0 Å². The Morgan fingerprint density at radius 3 is 2.53 bits per heavy atom. The van der Waals surface area contributed by atoms with Crippen molar-refractivity contribution in [1.82, 2.24) is 4.57 Å². The highest BCUT2D eigenvalue weighted by molar-refractivity contribution is 5.36. The number of hydrogen-bond donors (Lipinski definition) is 1. The molecule has 0 bridgehead atoms. The number of nitrogens with two attached hydrogens (primary N) is 1. The fourth-order valence-corrected chi connectivity index (χ4v) is 1.62. The molecule has 2 rings (SSSR count). The number of halogens is 3. The third-order valence-electron chi connectivity index (χ3n) is 2.48. The normalized spacial score (nSPS) is 10.8. The molecule has 0 aliphatic rings. The van der Waals surface area contributed by atoms with E-state index >= 15 is 0 Å². The summed E-state index contributed by atoms with van der Waals surface area (Å²) >= 11 is 0. The van der Waals surface area contributed by atoms with Crippen molar-refractivity contribution in [3.8, 4) is 5.69 Å². The Hall–Kier alpha value is -1.75. The van der Waals surface area contributed by atoms with Crippen LogP contribution in [0.2, 0.25) is 0 Å². The zero-order chi connectivity index (χ0) is 12.4. The molecule has 0 fully saturated rings. The van der Waals surface area contributed by atoms with Crippen LogP contribution in [-0.4, -0.2) is 11.1 Å². The SMILES string of the molecule is NCCc1ccn(-c2ccc(F)c(F)c2F)c1. The van der Waals surface area contributed by atoms with E-state index in [0.29, 0.717) is 13.0 Å². The fourth-order valence-electron chi connectivity index (χ4n) is 1.62. The molecule has 1 aromatic carbocycles. The van der Waals surface area contributed by atoms with Crippen LogP contribution in [0, 0.1) is 17.5 Å². The molecule has 0 atom stereocenters. The Labute approximate surface area is 96.5 Å². The van der Waals surface area contributed by atoms with Crippen molar-refractivity contribution in [2.45, 2.75) is 6.42 Å². The lowest BCUT2D eigenvalue weighted by molar-refractivity contribution is 0.444. The van der Waals surface area contributed by atoms with E-state index in [-0.39, 0.29) is 5.69 Å². The minimum absolute atomic E-state index is 0.0211. The van der Waals surface area contributed by atoms with Crippen molar-refractivity contribution in [1.29, 1.82) is 0 Å². The van der Waals surface area contributed by atoms with Crippen LogP contribution >= 0.6 is 0 Å². The number of hydrogen-bond acceptors (Lipinski definition) is 1. The van der Waals surface area contributed by atoms with Crippen molar-refractivity contribution in [2.24, 2.45) is 5.73 Å². The van der Waals surface area contributed by atoms with E-state index in [1.807, 2.05) is 0 Å². The highest BCUT2D eigenvalue weighted by atomic mass is 19.2. The number of benzene rings is 1. The first-order chi connectivity index (χ1) is 8.13. The van der Waals surface area contributed by atoms with Crippen LogP contribution in [-0.2, 0) is 6.42 Å². The lowest BCUT2D eigenvalue weighted by Gasteiger charge is -2.05. The van der Waals surface area contributed by atoms with Crippen LogP contribution in [0.5, 0.6) is 0 Å². The van der Waals surface area contributed by atoms with Gasteiger partial charge in [0.05, 0.1) is 5.69 Å². The third-order valence-corrected chi connectivity index (χ3v) is 2.48. The average molecular weight is 240 g/mol. The molecule has 90 valence electrons. The Morgan fingerprint density at radius 2 is 1.82 bits per heavy atom. The number of rotatable bonds is 3. The summed E-state index contributed by atoms with van der Waals surface area (Å²) in [5, 5.41) is 0. The van der Waals surface area contributed by atoms with Gasteiger partial charge < -0.3 is 10.3 Å². The van der Waals surface area contributed by atoms with Gasteiger partial charge in [0.1, 0.15) is 0 Å². The van der Waals surface area contributed by atoms with E-state index in [2.05, 4.69) is 0 Å². The fraction of sp³-hybridized carbons (Fsp3) is 0.167. The maximum absolute atomic E-state index is 13.5. The summed E-state index contributed by atoms with van der Waals surface area (Å²) < 4.78 is 40.7. The molecule has 0 amide bonds. The molecule has 17 heavy (non-hydrogen) atoms. The highest BCUT2D eigenvalue weighted by Gasteiger charge is 2.14. The molecule has 0 aliphatic carbocycles. The van der Waals surface area contributed by atoms with Gasteiger partial charge in [0.25, 0.3) is 0 Å². The van der Waals surface area contributed by atoms with Gasteiger partial charge in [-0.2, -0.15) is 0 Å². The maximum atomic E-state index is 13.5. The summed E-state index contributed by atoms with van der Waals surface area (Å²) in [7, 11) is 0. The minimum Gasteiger partial charge on any atom is -0.330 e. The molecule has 2 nitrogen and oxygen atoms in total. The summed E-state index contributed by atoms with van der Waals surface area (Å²) in [6, 6.07) is 3.85. The number of nitrogens with zero attached hydrogens (tertiary/aromatic N) is 1. The summed E-state index contributed by atoms with van der Waals surface area (Å²) in [5.41, 5.74) is 6.28. The van der Waals surface area contributed by atoms with E-state index in [1.165, 1.54) is 10.6 Å². The molecule has 5 heteroatoms. The van der Waals surface area contributed by atoms with Crippen LogP contribution < -0.4 is 5.73 Å². The highest BCUT2D eigenvalue weighted by Crippen LogP contribution is 2.19. The van der Waals surface area contributed by atoms with Crippen molar-refractivity contribution in [3.63, 3.8) is 0 Å². The molecular formula is C12H11F3N2. The molecule has 0 radical (unpaired) electrons. The quantitative estimate of drug-likeness (QED) is 0.820. The summed E-state index contributed by atoms with van der Waals surface area (Å²) in [5.74, 6) is -3.85. The van der Waals surface area contributed by atoms with Crippen molar-refractivity contribution >= 4 is 0 Å². The van der Waals surface area contributed by atoms with Gasteiger partial charge in [-0.25, -0.2) is 13.2 Å². The zero-order valence-corrected chi connectivity index (χ0v) is 8.96. The third kappa shape index (κ3) is 2.19. The van der Waals surface area contributed by atoms with Crippen LogP contribution in [0.4, 0.5) is 13.2 Å². The molecule has 0 unspecified atom stereocenters. The number of aromatic nitrogens is 1. The monoisotopic (exact) mass is 240 g/mol. The molecule has 0 spiro atoms. The summed E-state index contributed by atoms with van der Waals surface area (Å²) in [4.78, 5) is 0. The molecule has 0 saturated heterocycles. The van der Waals surface area contributed by atoms with Gasteiger partial charge in [0, 0.05) is 12.4 Å². The summed E-state index contributed by atoms with van der Waals surface area (Å²) in [6.45, 7) is 0.476. The van der Waals surface area contributed by atoms with Crippen LogP contribution in [0.15, 0.2) is 30.6 Å². The van der Waals surface area contributed by atoms with E-state index in [4.69, 9.17) is 5.73 Å². The van der Waals surface area contributed by atoms with Gasteiger partial charge >= 0.3 is 0 Å². The molecule has 2 N–H and O–H groups in total. The minimum atomic E-state index is -1.46. The van der Waals surface area contributed by atoms with Gasteiger partial charge in [-0.15, -0.1) is 0 Å². The van der Waals surface area contributed by atoms with Crippen LogP contribution in [0.3, 0.4) is 0 Å². The molecular weight excluding hydrogens is 229 g/mol. The van der Waals surface area contributed by atoms with Gasteiger partial charge in [0.15, 0.2) is 17.5 Å². The molecule has 0 aliphatic heterocycles. The van der Waals surface area contributed by atoms with Crippen molar-refractivity contribution < 1.29 is 13.2 Å². The second-order valence-electron chi connectivity index (χ2n) is 3.66. The summed E-state index contributed by atoms with van der Waals surface area (Å²) in [6.07, 6.45) is 3.88. The lowest BCUT2D eigenvalue weighted by Crippen LogP contribution is -2.02. The van der Waals surface area contributed by atoms with E-state index in [9.17, 15) is 13.2 Å². The Morgan fingerprint density at radius 1 is 1.06 bits per heavy atom. The van der Waals surface area contributed by atoms with Crippen LogP contribution in [0.25, 0.3) is 5.69 Å². The van der Waals surface area contributed by atoms with Gasteiger partial charge in [-0.3, -0.25) is 0 Å². The predicted octanol–water partition coefficient (Wildman–Crippen LogP) is 2.40. The molecule has 2 aromatic rings. The maximum Gasteiger partial charge on any atom is 0.196 e. The Kier molecular flexibility index (Phi) is 3.19. The van der Waals surface area contributed by atoms with Gasteiger partial charge in [0.2, 0.25) is 0 Å². The standard InChI is InChI=1S/C12H11F3N2/c13-9-1-2-10(12(15)11(9)14)17-6-4-8(7-17)3-5-16/h1-2,4,6-7H,3,5,16H2. The molecule has 0 saturated carbocycles. The van der Waals surface area contributed by atoms with Crippen molar-refractivity contribution in [3.05, 3.63) is 53.6 Å². The van der Waals surface area contributed by atoms with Crippen molar-refractivity contribution in [2.75, 3.05) is 6.54 Å². The second-order valence-corrected chi connectivity index (χ2v) is 3.66. The van der Waals surface area contributed by atoms with Gasteiger partial charge in [-0.05, 0) is 36.7 Å². The average Bonchev–Trinajstić information content (AvgIpc) is 2.75. The molecule has 1 aromatic heterocycles. The van der Waals surface area contributed by atoms with Crippen LogP contribution in [0.1, 0.15) is 5.56 Å². The largest absolute Gasteiger partial charge is 0.330 e. The van der Waals surface area contributed by atoms with E-state index in [1.54, 1.807) is 18.5 Å². The molecule has 1 heterocycles. The lowest BCUT2D eigenvalue weighted by atomic mass is 10.2. The Bertz CT molecular complexity index is 535.